The normalized spacial score (nSPS) is 11.0. The van der Waals surface area contributed by atoms with Crippen LogP contribution in [0.1, 0.15) is 36.2 Å². The Morgan fingerprint density at radius 3 is 2.36 bits per heavy atom. The van der Waals surface area contributed by atoms with Crippen LogP contribution in [0, 0.1) is 0 Å². The Bertz CT molecular complexity index is 733. The van der Waals surface area contributed by atoms with E-state index in [9.17, 15) is 9.59 Å². The maximum atomic E-state index is 12.0. The van der Waals surface area contributed by atoms with Crippen LogP contribution in [-0.4, -0.2) is 18.4 Å². The molecule has 1 N–H and O–H groups in total. The van der Waals surface area contributed by atoms with Gasteiger partial charge in [0.15, 0.2) is 0 Å². The van der Waals surface area contributed by atoms with Gasteiger partial charge in [-0.15, -0.1) is 0 Å². The molecule has 0 atom stereocenters. The van der Waals surface area contributed by atoms with E-state index in [1.54, 1.807) is 24.3 Å². The fourth-order valence-corrected chi connectivity index (χ4v) is 2.34. The minimum absolute atomic E-state index is 0.142. The molecule has 4 heteroatoms. The molecule has 130 valence electrons. The van der Waals surface area contributed by atoms with Crippen LogP contribution in [0.25, 0.3) is 0 Å². The molecule has 25 heavy (non-hydrogen) atoms. The first-order valence-corrected chi connectivity index (χ1v) is 8.39. The van der Waals surface area contributed by atoms with Crippen molar-refractivity contribution in [2.45, 2.75) is 26.7 Å². The summed E-state index contributed by atoms with van der Waals surface area (Å²) < 4.78 is 5.28. The number of esters is 1. The van der Waals surface area contributed by atoms with Gasteiger partial charge in [0.1, 0.15) is 5.75 Å². The zero-order valence-corrected chi connectivity index (χ0v) is 14.6. The van der Waals surface area contributed by atoms with Crippen LogP contribution in [0.15, 0.2) is 66.2 Å². The van der Waals surface area contributed by atoms with Gasteiger partial charge >= 0.3 is 5.97 Å². The lowest BCUT2D eigenvalue weighted by atomic mass is 10.1. The van der Waals surface area contributed by atoms with Crippen LogP contribution < -0.4 is 10.1 Å². The molecule has 4 nitrogen and oxygen atoms in total. The number of ether oxygens (including phenoxy) is 1. The molecule has 0 aliphatic rings. The summed E-state index contributed by atoms with van der Waals surface area (Å²) in [6, 6.07) is 16.7. The second kappa shape index (κ2) is 9.42. The van der Waals surface area contributed by atoms with Crippen molar-refractivity contribution in [3.05, 3.63) is 77.4 Å². The summed E-state index contributed by atoms with van der Waals surface area (Å²) in [6.07, 6.45) is 3.20. The van der Waals surface area contributed by atoms with E-state index in [4.69, 9.17) is 4.74 Å². The predicted molar refractivity (Wildman–Crippen MR) is 98.6 cm³/mol. The summed E-state index contributed by atoms with van der Waals surface area (Å²) in [6.45, 7) is 4.35. The molecule has 0 aliphatic heterocycles. The van der Waals surface area contributed by atoms with Crippen molar-refractivity contribution < 1.29 is 14.3 Å². The predicted octanol–water partition coefficient (Wildman–Crippen LogP) is 3.92. The van der Waals surface area contributed by atoms with Gasteiger partial charge in [0.05, 0.1) is 0 Å². The summed E-state index contributed by atoms with van der Waals surface area (Å²) in [5.74, 6) is -0.126. The maximum absolute atomic E-state index is 12.0. The fraction of sp³-hybridized carbons (Fsp3) is 0.238. The third-order valence-corrected chi connectivity index (χ3v) is 3.69. The Balaban J connectivity index is 1.87. The first-order valence-electron chi connectivity index (χ1n) is 8.39. The monoisotopic (exact) mass is 337 g/mol. The zero-order chi connectivity index (χ0) is 18.1. The van der Waals surface area contributed by atoms with Gasteiger partial charge in [-0.1, -0.05) is 35.9 Å². The largest absolute Gasteiger partial charge is 0.423 e. The summed E-state index contributed by atoms with van der Waals surface area (Å²) in [5, 5.41) is 2.72. The van der Waals surface area contributed by atoms with Gasteiger partial charge in [0.2, 0.25) is 0 Å². The van der Waals surface area contributed by atoms with E-state index in [-0.39, 0.29) is 5.91 Å². The van der Waals surface area contributed by atoms with Gasteiger partial charge in [-0.25, -0.2) is 4.79 Å². The molecule has 0 heterocycles. The van der Waals surface area contributed by atoms with E-state index in [0.717, 1.165) is 18.4 Å². The van der Waals surface area contributed by atoms with Crippen LogP contribution in [0.5, 0.6) is 5.75 Å². The Labute approximate surface area is 148 Å². The molecule has 0 saturated carbocycles. The molecule has 0 bridgehead atoms. The van der Waals surface area contributed by atoms with Gasteiger partial charge in [-0.05, 0) is 56.5 Å². The minimum Gasteiger partial charge on any atom is -0.423 e. The van der Waals surface area contributed by atoms with Crippen molar-refractivity contribution >= 4 is 11.9 Å². The number of rotatable bonds is 7. The lowest BCUT2D eigenvalue weighted by Gasteiger charge is -2.05. The van der Waals surface area contributed by atoms with Gasteiger partial charge in [-0.3, -0.25) is 4.79 Å². The zero-order valence-electron chi connectivity index (χ0n) is 14.6. The molecule has 0 spiro atoms. The molecule has 0 aromatic heterocycles. The number of nitrogens with one attached hydrogen (secondary N) is 1. The highest BCUT2D eigenvalue weighted by Crippen LogP contribution is 2.14. The average molecular weight is 337 g/mol. The quantitative estimate of drug-likeness (QED) is 0.473. The number of hydrogen-bond donors (Lipinski definition) is 1. The van der Waals surface area contributed by atoms with E-state index in [0.29, 0.717) is 17.9 Å². The second-order valence-corrected chi connectivity index (χ2v) is 5.78. The molecule has 0 saturated heterocycles. The molecule has 1 amide bonds. The van der Waals surface area contributed by atoms with Crippen molar-refractivity contribution in [3.8, 4) is 5.75 Å². The van der Waals surface area contributed by atoms with Crippen LogP contribution in [0.4, 0.5) is 0 Å². The molecule has 2 rings (SSSR count). The SMILES string of the molecule is CCNC(=O)c1ccc(OC(=O)/C=C(/C)CCc2ccccc2)cc1. The van der Waals surface area contributed by atoms with Crippen LogP contribution in [-0.2, 0) is 11.2 Å². The molecule has 0 unspecified atom stereocenters. The molecule has 0 aliphatic carbocycles. The Kier molecular flexibility index (Phi) is 6.96. The first-order chi connectivity index (χ1) is 12.1. The van der Waals surface area contributed by atoms with E-state index >= 15 is 0 Å². The standard InChI is InChI=1S/C21H23NO3/c1-3-22-21(24)18-11-13-19(14-12-18)25-20(23)15-16(2)9-10-17-7-5-4-6-8-17/h4-8,11-15H,3,9-10H2,1-2H3,(H,22,24)/b16-15-. The summed E-state index contributed by atoms with van der Waals surface area (Å²) in [4.78, 5) is 23.7. The van der Waals surface area contributed by atoms with Crippen LogP contribution >= 0.6 is 0 Å². The third kappa shape index (κ3) is 6.26. The Morgan fingerprint density at radius 2 is 1.72 bits per heavy atom. The number of carbonyl (C=O) groups is 2. The summed E-state index contributed by atoms with van der Waals surface area (Å²) in [5.41, 5.74) is 2.74. The summed E-state index contributed by atoms with van der Waals surface area (Å²) >= 11 is 0. The highest BCUT2D eigenvalue weighted by molar-refractivity contribution is 5.94. The van der Waals surface area contributed by atoms with Crippen molar-refractivity contribution in [2.24, 2.45) is 0 Å². The smallest absolute Gasteiger partial charge is 0.336 e. The number of aryl methyl sites for hydroxylation is 1. The molecule has 2 aromatic carbocycles. The first kappa shape index (κ1) is 18.5. The molecular formula is C21H23NO3. The van der Waals surface area contributed by atoms with Gasteiger partial charge < -0.3 is 10.1 Å². The number of allylic oxidation sites excluding steroid dienone is 1. The van der Waals surface area contributed by atoms with Crippen molar-refractivity contribution in [1.29, 1.82) is 0 Å². The maximum Gasteiger partial charge on any atom is 0.336 e. The second-order valence-electron chi connectivity index (χ2n) is 5.78. The minimum atomic E-state index is -0.406. The lowest BCUT2D eigenvalue weighted by Crippen LogP contribution is -2.22. The molecule has 0 radical (unpaired) electrons. The van der Waals surface area contributed by atoms with E-state index in [2.05, 4.69) is 17.4 Å². The van der Waals surface area contributed by atoms with Gasteiger partial charge in [-0.2, -0.15) is 0 Å². The Hall–Kier alpha value is -2.88. The average Bonchev–Trinajstić information content (AvgIpc) is 2.61. The molecule has 2 aromatic rings. The van der Waals surface area contributed by atoms with Crippen LogP contribution in [0.3, 0.4) is 0 Å². The Morgan fingerprint density at radius 1 is 1.04 bits per heavy atom. The summed E-state index contributed by atoms with van der Waals surface area (Å²) in [7, 11) is 0. The third-order valence-electron chi connectivity index (χ3n) is 3.69. The number of hydrogen-bond acceptors (Lipinski definition) is 3. The molecule has 0 fully saturated rings. The number of carbonyl (C=O) groups excluding carboxylic acids is 2. The van der Waals surface area contributed by atoms with Crippen molar-refractivity contribution in [1.82, 2.24) is 5.32 Å². The van der Waals surface area contributed by atoms with Crippen molar-refractivity contribution in [2.75, 3.05) is 6.54 Å². The number of amides is 1. The van der Waals surface area contributed by atoms with Crippen LogP contribution in [0.2, 0.25) is 0 Å². The van der Waals surface area contributed by atoms with Crippen molar-refractivity contribution in [3.63, 3.8) is 0 Å². The van der Waals surface area contributed by atoms with E-state index in [1.165, 1.54) is 11.6 Å². The van der Waals surface area contributed by atoms with Gasteiger partial charge in [0.25, 0.3) is 5.91 Å². The highest BCUT2D eigenvalue weighted by Gasteiger charge is 2.06. The topological polar surface area (TPSA) is 55.4 Å². The number of benzene rings is 2. The van der Waals surface area contributed by atoms with Gasteiger partial charge in [0, 0.05) is 18.2 Å². The fourth-order valence-electron chi connectivity index (χ4n) is 2.34. The highest BCUT2D eigenvalue weighted by atomic mass is 16.5. The molecular weight excluding hydrogens is 314 g/mol. The lowest BCUT2D eigenvalue weighted by molar-refractivity contribution is -0.129. The van der Waals surface area contributed by atoms with E-state index < -0.39 is 5.97 Å². The van der Waals surface area contributed by atoms with E-state index in [1.807, 2.05) is 32.0 Å².